The summed E-state index contributed by atoms with van der Waals surface area (Å²) in [6.07, 6.45) is 0. The Kier molecular flexibility index (Phi) is 4.24. The molecule has 0 aliphatic carbocycles. The molecule has 2 rings (SSSR count). The number of piperazine rings is 1. The third kappa shape index (κ3) is 2.97. The Morgan fingerprint density at radius 1 is 1.05 bits per heavy atom. The highest BCUT2D eigenvalue weighted by Gasteiger charge is 2.26. The fraction of sp³-hybridized carbons (Fsp3) is 0.562. The smallest absolute Gasteiger partial charge is 0.124 e. The monoisotopic (exact) mass is 257 g/mol. The number of nitrogens with zero attached hydrogens (tertiary/aromatic N) is 3. The van der Waals surface area contributed by atoms with E-state index in [1.54, 1.807) is 0 Å². The van der Waals surface area contributed by atoms with Gasteiger partial charge in [0.1, 0.15) is 6.04 Å². The number of hydrogen-bond donors (Lipinski definition) is 0. The summed E-state index contributed by atoms with van der Waals surface area (Å²) in [5.41, 5.74) is 4.96. The summed E-state index contributed by atoms with van der Waals surface area (Å²) in [6, 6.07) is 6.78. The molecule has 1 aromatic rings. The standard InChI is InChI=1S/C16H23N3/c1-12-9-13(2)16(14(3)10-12)15(11-17)19-7-5-18(4)6-8-19/h9-10,15H,5-8H2,1-4H3. The quantitative estimate of drug-likeness (QED) is 0.815. The first-order valence-electron chi connectivity index (χ1n) is 6.93. The second kappa shape index (κ2) is 5.73. The van der Waals surface area contributed by atoms with Crippen LogP contribution in [0.5, 0.6) is 0 Å². The van der Waals surface area contributed by atoms with Crippen molar-refractivity contribution >= 4 is 0 Å². The highest BCUT2D eigenvalue weighted by atomic mass is 15.3. The number of nitriles is 1. The Labute approximate surface area is 116 Å². The van der Waals surface area contributed by atoms with Crippen molar-refractivity contribution in [2.24, 2.45) is 0 Å². The van der Waals surface area contributed by atoms with Gasteiger partial charge >= 0.3 is 0 Å². The van der Waals surface area contributed by atoms with E-state index in [2.05, 4.69) is 55.8 Å². The Hall–Kier alpha value is -1.37. The van der Waals surface area contributed by atoms with Crippen LogP contribution in [-0.4, -0.2) is 43.0 Å². The summed E-state index contributed by atoms with van der Waals surface area (Å²) in [4.78, 5) is 4.63. The largest absolute Gasteiger partial charge is 0.304 e. The zero-order valence-corrected chi connectivity index (χ0v) is 12.4. The molecule has 1 fully saturated rings. The van der Waals surface area contributed by atoms with Crippen LogP contribution in [-0.2, 0) is 0 Å². The molecule has 1 unspecified atom stereocenters. The third-order valence-electron chi connectivity index (χ3n) is 4.04. The maximum Gasteiger partial charge on any atom is 0.124 e. The molecule has 0 radical (unpaired) electrons. The molecule has 1 heterocycles. The first-order valence-corrected chi connectivity index (χ1v) is 6.93. The number of benzene rings is 1. The second-order valence-electron chi connectivity index (χ2n) is 5.68. The van der Waals surface area contributed by atoms with Crippen molar-refractivity contribution in [1.82, 2.24) is 9.80 Å². The van der Waals surface area contributed by atoms with E-state index in [4.69, 9.17) is 0 Å². The molecule has 0 bridgehead atoms. The molecule has 0 saturated carbocycles. The lowest BCUT2D eigenvalue weighted by molar-refractivity contribution is 0.132. The van der Waals surface area contributed by atoms with Crippen LogP contribution in [0.4, 0.5) is 0 Å². The molecule has 1 aromatic carbocycles. The van der Waals surface area contributed by atoms with E-state index in [-0.39, 0.29) is 6.04 Å². The van der Waals surface area contributed by atoms with Crippen LogP contribution < -0.4 is 0 Å². The molecule has 0 amide bonds. The molecule has 0 spiro atoms. The van der Waals surface area contributed by atoms with E-state index in [1.165, 1.54) is 22.3 Å². The van der Waals surface area contributed by atoms with Gasteiger partial charge in [-0.25, -0.2) is 0 Å². The summed E-state index contributed by atoms with van der Waals surface area (Å²) in [5, 5.41) is 9.61. The van der Waals surface area contributed by atoms with Gasteiger partial charge in [0.2, 0.25) is 0 Å². The van der Waals surface area contributed by atoms with Crippen LogP contribution >= 0.6 is 0 Å². The van der Waals surface area contributed by atoms with Crippen LogP contribution in [0.2, 0.25) is 0 Å². The summed E-state index contributed by atoms with van der Waals surface area (Å²) < 4.78 is 0. The maximum absolute atomic E-state index is 9.61. The van der Waals surface area contributed by atoms with Crippen molar-refractivity contribution in [1.29, 1.82) is 5.26 Å². The predicted molar refractivity (Wildman–Crippen MR) is 78.1 cm³/mol. The van der Waals surface area contributed by atoms with Crippen molar-refractivity contribution in [3.8, 4) is 6.07 Å². The van der Waals surface area contributed by atoms with Crippen LogP contribution in [0.3, 0.4) is 0 Å². The van der Waals surface area contributed by atoms with Gasteiger partial charge in [-0.1, -0.05) is 17.7 Å². The van der Waals surface area contributed by atoms with E-state index in [0.717, 1.165) is 26.2 Å². The number of hydrogen-bond acceptors (Lipinski definition) is 3. The molecular weight excluding hydrogens is 234 g/mol. The van der Waals surface area contributed by atoms with Gasteiger partial charge in [0.05, 0.1) is 6.07 Å². The van der Waals surface area contributed by atoms with Gasteiger partial charge in [-0.05, 0) is 44.5 Å². The molecule has 3 nitrogen and oxygen atoms in total. The summed E-state index contributed by atoms with van der Waals surface area (Å²) in [6.45, 7) is 10.4. The normalized spacial score (nSPS) is 19.1. The molecular formula is C16H23N3. The minimum Gasteiger partial charge on any atom is -0.304 e. The summed E-state index contributed by atoms with van der Waals surface area (Å²) >= 11 is 0. The van der Waals surface area contributed by atoms with Crippen molar-refractivity contribution in [3.63, 3.8) is 0 Å². The van der Waals surface area contributed by atoms with Crippen molar-refractivity contribution < 1.29 is 0 Å². The zero-order chi connectivity index (χ0) is 14.0. The molecule has 1 aliphatic heterocycles. The van der Waals surface area contributed by atoms with Gasteiger partial charge in [-0.15, -0.1) is 0 Å². The van der Waals surface area contributed by atoms with Crippen molar-refractivity contribution in [2.45, 2.75) is 26.8 Å². The van der Waals surface area contributed by atoms with Crippen LogP contribution in [0.1, 0.15) is 28.3 Å². The Bertz CT molecular complexity index is 470. The van der Waals surface area contributed by atoms with Gasteiger partial charge in [-0.2, -0.15) is 5.26 Å². The SMILES string of the molecule is Cc1cc(C)c(C(C#N)N2CCN(C)CC2)c(C)c1. The average Bonchev–Trinajstić information content (AvgIpc) is 2.35. The first kappa shape index (κ1) is 14.0. The molecule has 0 aromatic heterocycles. The van der Waals surface area contributed by atoms with Crippen molar-refractivity contribution in [2.75, 3.05) is 33.2 Å². The molecule has 1 saturated heterocycles. The number of likely N-dealkylation sites (N-methyl/N-ethyl adjacent to an activating group) is 1. The second-order valence-corrected chi connectivity index (χ2v) is 5.68. The first-order chi connectivity index (χ1) is 9.02. The van der Waals surface area contributed by atoms with E-state index in [0.29, 0.717) is 0 Å². The van der Waals surface area contributed by atoms with Crippen molar-refractivity contribution in [3.05, 3.63) is 34.4 Å². The molecule has 19 heavy (non-hydrogen) atoms. The fourth-order valence-corrected chi connectivity index (χ4v) is 3.03. The van der Waals surface area contributed by atoms with Crippen LogP contribution in [0, 0.1) is 32.1 Å². The summed E-state index contributed by atoms with van der Waals surface area (Å²) in [7, 11) is 2.14. The Balaban J connectivity index is 2.30. The van der Waals surface area contributed by atoms with E-state index in [1.807, 2.05) is 0 Å². The highest BCUT2D eigenvalue weighted by molar-refractivity contribution is 5.42. The molecule has 1 aliphatic rings. The van der Waals surface area contributed by atoms with E-state index in [9.17, 15) is 5.26 Å². The minimum atomic E-state index is -0.103. The van der Waals surface area contributed by atoms with Gasteiger partial charge in [0.25, 0.3) is 0 Å². The molecule has 0 N–H and O–H groups in total. The zero-order valence-electron chi connectivity index (χ0n) is 12.4. The van der Waals surface area contributed by atoms with Gasteiger partial charge < -0.3 is 4.90 Å². The Morgan fingerprint density at radius 2 is 1.58 bits per heavy atom. The van der Waals surface area contributed by atoms with Gasteiger partial charge in [-0.3, -0.25) is 4.90 Å². The summed E-state index contributed by atoms with van der Waals surface area (Å²) in [5.74, 6) is 0. The fourth-order valence-electron chi connectivity index (χ4n) is 3.03. The average molecular weight is 257 g/mol. The number of rotatable bonds is 2. The lowest BCUT2D eigenvalue weighted by Gasteiger charge is -2.36. The Morgan fingerprint density at radius 3 is 2.05 bits per heavy atom. The lowest BCUT2D eigenvalue weighted by Crippen LogP contribution is -2.45. The lowest BCUT2D eigenvalue weighted by atomic mass is 9.93. The van der Waals surface area contributed by atoms with Gasteiger partial charge in [0.15, 0.2) is 0 Å². The molecule has 102 valence electrons. The topological polar surface area (TPSA) is 30.3 Å². The molecule has 1 atom stereocenters. The molecule has 3 heteroatoms. The van der Waals surface area contributed by atoms with E-state index < -0.39 is 0 Å². The minimum absolute atomic E-state index is 0.103. The van der Waals surface area contributed by atoms with Gasteiger partial charge in [0, 0.05) is 26.2 Å². The maximum atomic E-state index is 9.61. The van der Waals surface area contributed by atoms with Crippen LogP contribution in [0.25, 0.3) is 0 Å². The predicted octanol–water partition coefficient (Wildman–Crippen LogP) is 2.42. The highest BCUT2D eigenvalue weighted by Crippen LogP contribution is 2.28. The van der Waals surface area contributed by atoms with E-state index >= 15 is 0 Å². The number of aryl methyl sites for hydroxylation is 3. The van der Waals surface area contributed by atoms with Crippen LogP contribution in [0.15, 0.2) is 12.1 Å². The third-order valence-corrected chi connectivity index (χ3v) is 4.04.